The first-order valence-corrected chi connectivity index (χ1v) is 8.94. The van der Waals surface area contributed by atoms with Crippen LogP contribution in [0, 0.1) is 11.3 Å². The highest BCUT2D eigenvalue weighted by atomic mass is 32.2. The molecule has 1 aliphatic heterocycles. The summed E-state index contributed by atoms with van der Waals surface area (Å²) in [7, 11) is -2.84. The number of ether oxygens (including phenoxy) is 1. The zero-order chi connectivity index (χ0) is 15.1. The molecule has 6 heteroatoms. The monoisotopic (exact) mass is 308 g/mol. The summed E-state index contributed by atoms with van der Waals surface area (Å²) in [6.45, 7) is 1.17. The molecule has 0 aromatic heterocycles. The molecule has 1 fully saturated rings. The largest absolute Gasteiger partial charge is 0.494 e. The minimum absolute atomic E-state index is 0.0511. The van der Waals surface area contributed by atoms with Crippen LogP contribution in [0.5, 0.6) is 5.75 Å². The lowest BCUT2D eigenvalue weighted by Gasteiger charge is -2.12. The molecule has 1 unspecified atom stereocenters. The molecule has 0 spiro atoms. The zero-order valence-electron chi connectivity index (χ0n) is 11.9. The van der Waals surface area contributed by atoms with E-state index in [2.05, 4.69) is 11.4 Å². The lowest BCUT2D eigenvalue weighted by molar-refractivity contribution is 0.312. The fourth-order valence-electron chi connectivity index (χ4n) is 2.30. The van der Waals surface area contributed by atoms with Crippen LogP contribution in [0.2, 0.25) is 0 Å². The average molecular weight is 308 g/mol. The molecule has 21 heavy (non-hydrogen) atoms. The summed E-state index contributed by atoms with van der Waals surface area (Å²) in [5, 5.41) is 11.7. The third-order valence-electron chi connectivity index (χ3n) is 3.43. The molecule has 1 atom stereocenters. The van der Waals surface area contributed by atoms with Crippen LogP contribution in [0.15, 0.2) is 24.3 Å². The van der Waals surface area contributed by atoms with Gasteiger partial charge in [-0.3, -0.25) is 0 Å². The Balaban J connectivity index is 1.80. The number of nitriles is 1. The second-order valence-corrected chi connectivity index (χ2v) is 7.47. The highest BCUT2D eigenvalue weighted by molar-refractivity contribution is 7.91. The number of rotatable bonds is 7. The second-order valence-electron chi connectivity index (χ2n) is 5.24. The van der Waals surface area contributed by atoms with E-state index in [1.165, 1.54) is 0 Å². The molecule has 0 bridgehead atoms. The van der Waals surface area contributed by atoms with Crippen LogP contribution < -0.4 is 10.1 Å². The highest BCUT2D eigenvalue weighted by Gasteiger charge is 2.27. The number of sulfone groups is 1. The molecule has 1 saturated heterocycles. The molecule has 2 rings (SSSR count). The van der Waals surface area contributed by atoms with Gasteiger partial charge in [0, 0.05) is 19.0 Å². The van der Waals surface area contributed by atoms with E-state index in [9.17, 15) is 8.42 Å². The standard InChI is InChI=1S/C15H20N2O3S/c16-7-1-2-8-20-15-5-3-4-13(10-15)11-17-14-6-9-21(18,19)12-14/h3-5,10,14,17H,1-2,6,8-9,11-12H2. The van der Waals surface area contributed by atoms with Crippen LogP contribution in [0.1, 0.15) is 24.8 Å². The first-order chi connectivity index (χ1) is 10.1. The van der Waals surface area contributed by atoms with Gasteiger partial charge in [-0.1, -0.05) is 12.1 Å². The van der Waals surface area contributed by atoms with E-state index in [4.69, 9.17) is 10.00 Å². The fourth-order valence-corrected chi connectivity index (χ4v) is 4.01. The average Bonchev–Trinajstić information content (AvgIpc) is 2.81. The molecule has 1 heterocycles. The third-order valence-corrected chi connectivity index (χ3v) is 5.20. The molecule has 0 aliphatic carbocycles. The Bertz CT molecular complexity index is 608. The van der Waals surface area contributed by atoms with Crippen molar-refractivity contribution in [3.8, 4) is 11.8 Å². The summed E-state index contributed by atoms with van der Waals surface area (Å²) in [4.78, 5) is 0. The van der Waals surface area contributed by atoms with E-state index >= 15 is 0 Å². The molecular weight excluding hydrogens is 288 g/mol. The first kappa shape index (κ1) is 15.8. The zero-order valence-corrected chi connectivity index (χ0v) is 12.7. The van der Waals surface area contributed by atoms with Gasteiger partial charge in [0.1, 0.15) is 5.75 Å². The van der Waals surface area contributed by atoms with Crippen molar-refractivity contribution in [2.24, 2.45) is 0 Å². The van der Waals surface area contributed by atoms with Crippen molar-refractivity contribution in [3.63, 3.8) is 0 Å². The number of nitrogens with zero attached hydrogens (tertiary/aromatic N) is 1. The number of nitrogens with one attached hydrogen (secondary N) is 1. The van der Waals surface area contributed by atoms with Crippen molar-refractivity contribution >= 4 is 9.84 Å². The van der Waals surface area contributed by atoms with Gasteiger partial charge in [-0.15, -0.1) is 0 Å². The Morgan fingerprint density at radius 3 is 3.00 bits per heavy atom. The summed E-state index contributed by atoms with van der Waals surface area (Å²) in [5.41, 5.74) is 1.07. The van der Waals surface area contributed by atoms with E-state index in [-0.39, 0.29) is 17.5 Å². The minimum Gasteiger partial charge on any atom is -0.494 e. The molecule has 114 valence electrons. The molecule has 1 aromatic carbocycles. The van der Waals surface area contributed by atoms with Gasteiger partial charge in [-0.2, -0.15) is 5.26 Å². The van der Waals surface area contributed by atoms with Gasteiger partial charge < -0.3 is 10.1 Å². The first-order valence-electron chi connectivity index (χ1n) is 7.11. The van der Waals surface area contributed by atoms with Gasteiger partial charge in [0.25, 0.3) is 0 Å². The lowest BCUT2D eigenvalue weighted by atomic mass is 10.2. The van der Waals surface area contributed by atoms with Crippen molar-refractivity contribution in [1.29, 1.82) is 5.26 Å². The van der Waals surface area contributed by atoms with Crippen LogP contribution in [-0.4, -0.2) is 32.6 Å². The van der Waals surface area contributed by atoms with E-state index in [0.717, 1.165) is 17.7 Å². The number of hydrogen-bond acceptors (Lipinski definition) is 5. The molecule has 1 aromatic rings. The minimum atomic E-state index is -2.84. The van der Waals surface area contributed by atoms with Gasteiger partial charge in [-0.05, 0) is 30.5 Å². The van der Waals surface area contributed by atoms with Crippen LogP contribution in [0.25, 0.3) is 0 Å². The van der Waals surface area contributed by atoms with Gasteiger partial charge in [0.2, 0.25) is 0 Å². The Morgan fingerprint density at radius 2 is 2.29 bits per heavy atom. The maximum absolute atomic E-state index is 11.4. The van der Waals surface area contributed by atoms with Gasteiger partial charge in [0.05, 0.1) is 24.2 Å². The van der Waals surface area contributed by atoms with Crippen molar-refractivity contribution in [2.75, 3.05) is 18.1 Å². The Kier molecular flexibility index (Phi) is 5.59. The van der Waals surface area contributed by atoms with E-state index in [0.29, 0.717) is 26.0 Å². The maximum Gasteiger partial charge on any atom is 0.151 e. The lowest BCUT2D eigenvalue weighted by Crippen LogP contribution is -2.29. The summed E-state index contributed by atoms with van der Waals surface area (Å²) in [6, 6.07) is 9.87. The predicted octanol–water partition coefficient (Wildman–Crippen LogP) is 1.65. The summed E-state index contributed by atoms with van der Waals surface area (Å²) < 4.78 is 28.4. The molecule has 0 saturated carbocycles. The molecule has 1 aliphatic rings. The van der Waals surface area contributed by atoms with E-state index in [1.54, 1.807) is 0 Å². The van der Waals surface area contributed by atoms with Crippen molar-refractivity contribution in [3.05, 3.63) is 29.8 Å². The SMILES string of the molecule is N#CCCCOc1cccc(CNC2CCS(=O)(=O)C2)c1. The Hall–Kier alpha value is -1.58. The number of unbranched alkanes of at least 4 members (excludes halogenated alkanes) is 1. The predicted molar refractivity (Wildman–Crippen MR) is 80.7 cm³/mol. The normalized spacial score (nSPS) is 20.0. The van der Waals surface area contributed by atoms with E-state index < -0.39 is 9.84 Å². The quantitative estimate of drug-likeness (QED) is 0.775. The third kappa shape index (κ3) is 5.37. The Labute approximate surface area is 125 Å². The summed E-state index contributed by atoms with van der Waals surface area (Å²) in [6.07, 6.45) is 1.91. The molecule has 1 N–H and O–H groups in total. The smallest absolute Gasteiger partial charge is 0.151 e. The Morgan fingerprint density at radius 1 is 1.43 bits per heavy atom. The van der Waals surface area contributed by atoms with Gasteiger partial charge >= 0.3 is 0 Å². The number of hydrogen-bond donors (Lipinski definition) is 1. The molecule has 0 radical (unpaired) electrons. The van der Waals surface area contributed by atoms with Crippen molar-refractivity contribution in [2.45, 2.75) is 31.8 Å². The summed E-state index contributed by atoms with van der Waals surface area (Å²) in [5.74, 6) is 1.30. The van der Waals surface area contributed by atoms with Crippen LogP contribution >= 0.6 is 0 Å². The number of benzene rings is 1. The van der Waals surface area contributed by atoms with Gasteiger partial charge in [0.15, 0.2) is 9.84 Å². The van der Waals surface area contributed by atoms with Gasteiger partial charge in [-0.25, -0.2) is 8.42 Å². The van der Waals surface area contributed by atoms with Crippen molar-refractivity contribution in [1.82, 2.24) is 5.32 Å². The maximum atomic E-state index is 11.4. The topological polar surface area (TPSA) is 79.2 Å². The fraction of sp³-hybridized carbons (Fsp3) is 0.533. The van der Waals surface area contributed by atoms with Crippen LogP contribution in [0.3, 0.4) is 0 Å². The highest BCUT2D eigenvalue weighted by Crippen LogP contribution is 2.16. The molecular formula is C15H20N2O3S. The molecule has 5 nitrogen and oxygen atoms in total. The van der Waals surface area contributed by atoms with E-state index in [1.807, 2.05) is 24.3 Å². The summed E-state index contributed by atoms with van der Waals surface area (Å²) >= 11 is 0. The molecule has 0 amide bonds. The van der Waals surface area contributed by atoms with Crippen LogP contribution in [0.4, 0.5) is 0 Å². The van der Waals surface area contributed by atoms with Crippen molar-refractivity contribution < 1.29 is 13.2 Å². The van der Waals surface area contributed by atoms with Crippen LogP contribution in [-0.2, 0) is 16.4 Å². The second kappa shape index (κ2) is 7.43.